The number of benzene rings is 3. The molecule has 3 aromatic carbocycles. The van der Waals surface area contributed by atoms with Crippen LogP contribution < -0.4 is 4.74 Å². The average molecular weight is 582 g/mol. The van der Waals surface area contributed by atoms with Crippen LogP contribution in [0.3, 0.4) is 0 Å². The van der Waals surface area contributed by atoms with E-state index in [1.165, 1.54) is 6.07 Å². The van der Waals surface area contributed by atoms with Gasteiger partial charge in [-0.05, 0) is 91.6 Å². The van der Waals surface area contributed by atoms with Gasteiger partial charge in [-0.25, -0.2) is 9.18 Å². The molecule has 43 heavy (non-hydrogen) atoms. The SMILES string of the molecule is C=C(OC)c1ccc2c(c1)C(=O)CC1(CCCC1)O2.CC.N#Cc1c(F)cccc1C1=CCCc2ccc(C(=O)O)cc21. The molecular formula is C36H36FNO5. The fraction of sp³-hybridized carbons (Fsp3) is 0.306. The summed E-state index contributed by atoms with van der Waals surface area (Å²) >= 11 is 0. The van der Waals surface area contributed by atoms with Gasteiger partial charge in [0.1, 0.15) is 29.0 Å². The second kappa shape index (κ2) is 13.5. The second-order valence-electron chi connectivity index (χ2n) is 10.5. The standard InChI is InChI=1S/C18H12FNO2.C16H18O3.C2H6/c19-17-6-2-5-14(16(17)10-20)13-4-1-3-11-7-8-12(18(21)22)9-15(11)13;1-11(18-2)12-5-6-15-13(9-12)14(17)10-16(19-15)7-3-4-8-16;1-2/h2,4-9H,1,3H2,(H,21,22);5-6,9H,1,3-4,7-8,10H2,2H3;1-2H3. The highest BCUT2D eigenvalue weighted by atomic mass is 19.1. The zero-order valence-corrected chi connectivity index (χ0v) is 24.8. The van der Waals surface area contributed by atoms with Crippen molar-refractivity contribution in [1.29, 1.82) is 5.26 Å². The maximum atomic E-state index is 13.8. The first kappa shape index (κ1) is 31.2. The van der Waals surface area contributed by atoms with Gasteiger partial charge >= 0.3 is 5.97 Å². The van der Waals surface area contributed by atoms with Crippen LogP contribution in [0.2, 0.25) is 0 Å². The molecule has 1 saturated carbocycles. The van der Waals surface area contributed by atoms with Crippen molar-refractivity contribution in [2.24, 2.45) is 0 Å². The molecule has 1 heterocycles. The quantitative estimate of drug-likeness (QED) is 0.311. The van der Waals surface area contributed by atoms with Crippen LogP contribution in [0.15, 0.2) is 67.3 Å². The Bertz CT molecular complexity index is 1630. The number of carbonyl (C=O) groups is 2. The maximum Gasteiger partial charge on any atom is 0.335 e. The van der Waals surface area contributed by atoms with Crippen LogP contribution in [0.4, 0.5) is 4.39 Å². The lowest BCUT2D eigenvalue weighted by molar-refractivity contribution is 0.0450. The van der Waals surface area contributed by atoms with Gasteiger partial charge in [-0.1, -0.05) is 44.7 Å². The molecule has 0 aromatic heterocycles. The molecule has 0 atom stereocenters. The molecule has 3 aliphatic rings. The third-order valence-electron chi connectivity index (χ3n) is 8.00. The summed E-state index contributed by atoms with van der Waals surface area (Å²) in [6.45, 7) is 7.81. The molecule has 1 fully saturated rings. The van der Waals surface area contributed by atoms with Gasteiger partial charge in [0.25, 0.3) is 0 Å². The minimum atomic E-state index is -1.01. The number of hydrogen-bond donors (Lipinski definition) is 1. The van der Waals surface area contributed by atoms with Crippen LogP contribution in [-0.4, -0.2) is 29.6 Å². The van der Waals surface area contributed by atoms with Crippen molar-refractivity contribution in [2.75, 3.05) is 7.11 Å². The van der Waals surface area contributed by atoms with Gasteiger partial charge in [0.05, 0.1) is 30.2 Å². The molecule has 6 rings (SSSR count). The minimum absolute atomic E-state index is 0.0117. The van der Waals surface area contributed by atoms with E-state index in [0.29, 0.717) is 29.1 Å². The van der Waals surface area contributed by atoms with Crippen molar-refractivity contribution in [2.45, 2.75) is 64.4 Å². The van der Waals surface area contributed by atoms with E-state index in [4.69, 9.17) is 14.6 Å². The number of aromatic carboxylic acids is 1. The molecule has 222 valence electrons. The van der Waals surface area contributed by atoms with Gasteiger partial charge in [-0.15, -0.1) is 0 Å². The fourth-order valence-electron chi connectivity index (χ4n) is 5.86. The molecular weight excluding hydrogens is 545 g/mol. The largest absolute Gasteiger partial charge is 0.497 e. The Labute approximate surface area is 252 Å². The molecule has 0 saturated heterocycles. The van der Waals surface area contributed by atoms with Crippen LogP contribution in [0.1, 0.15) is 101 Å². The number of ketones is 1. The first-order valence-electron chi connectivity index (χ1n) is 14.6. The number of carboxylic acids is 1. The Morgan fingerprint density at radius 2 is 1.74 bits per heavy atom. The summed E-state index contributed by atoms with van der Waals surface area (Å²) in [5, 5.41) is 18.4. The smallest absolute Gasteiger partial charge is 0.335 e. The van der Waals surface area contributed by atoms with E-state index in [2.05, 4.69) is 6.58 Å². The third-order valence-corrected chi connectivity index (χ3v) is 8.00. The normalized spacial score (nSPS) is 15.6. The number of ether oxygens (including phenoxy) is 2. The number of nitrogens with zero attached hydrogens (tertiary/aromatic N) is 1. The van der Waals surface area contributed by atoms with Gasteiger partial charge in [0.15, 0.2) is 5.78 Å². The van der Waals surface area contributed by atoms with Gasteiger partial charge in [-0.3, -0.25) is 4.79 Å². The van der Waals surface area contributed by atoms with Crippen LogP contribution in [0.25, 0.3) is 11.3 Å². The number of allylic oxidation sites excluding steroid dienone is 1. The highest BCUT2D eigenvalue weighted by molar-refractivity contribution is 6.01. The summed E-state index contributed by atoms with van der Waals surface area (Å²) < 4.78 is 25.1. The maximum absolute atomic E-state index is 13.8. The van der Waals surface area contributed by atoms with E-state index in [0.717, 1.165) is 60.8 Å². The van der Waals surface area contributed by atoms with Crippen molar-refractivity contribution in [3.8, 4) is 11.8 Å². The molecule has 0 bridgehead atoms. The summed E-state index contributed by atoms with van der Waals surface area (Å²) in [6.07, 6.45) is 8.30. The molecule has 0 unspecified atom stereocenters. The monoisotopic (exact) mass is 581 g/mol. The number of halogens is 1. The Hall–Kier alpha value is -4.70. The number of nitriles is 1. The van der Waals surface area contributed by atoms with E-state index >= 15 is 0 Å². The van der Waals surface area contributed by atoms with Crippen molar-refractivity contribution in [3.63, 3.8) is 0 Å². The predicted molar refractivity (Wildman–Crippen MR) is 165 cm³/mol. The molecule has 1 N–H and O–H groups in total. The van der Waals surface area contributed by atoms with Gasteiger partial charge in [-0.2, -0.15) is 5.26 Å². The number of fused-ring (bicyclic) bond motifs is 2. The van der Waals surface area contributed by atoms with Gasteiger partial charge < -0.3 is 14.6 Å². The Morgan fingerprint density at radius 3 is 2.42 bits per heavy atom. The molecule has 6 nitrogen and oxygen atoms in total. The number of hydrogen-bond acceptors (Lipinski definition) is 5. The van der Waals surface area contributed by atoms with E-state index in [-0.39, 0.29) is 22.5 Å². The summed E-state index contributed by atoms with van der Waals surface area (Å²) in [5.74, 6) is -0.119. The van der Waals surface area contributed by atoms with Crippen LogP contribution in [0.5, 0.6) is 5.75 Å². The van der Waals surface area contributed by atoms with Gasteiger partial charge in [0.2, 0.25) is 0 Å². The molecule has 1 spiro atoms. The summed E-state index contributed by atoms with van der Waals surface area (Å²) in [5.41, 5.74) is 4.43. The summed E-state index contributed by atoms with van der Waals surface area (Å²) in [7, 11) is 1.58. The van der Waals surface area contributed by atoms with Crippen molar-refractivity contribution < 1.29 is 28.6 Å². The molecule has 0 amide bonds. The predicted octanol–water partition coefficient (Wildman–Crippen LogP) is 8.38. The molecule has 2 aliphatic carbocycles. The van der Waals surface area contributed by atoms with Crippen LogP contribution in [-0.2, 0) is 11.2 Å². The zero-order chi connectivity index (χ0) is 31.1. The first-order chi connectivity index (χ1) is 20.7. The van der Waals surface area contributed by atoms with Crippen LogP contribution >= 0.6 is 0 Å². The molecule has 0 radical (unpaired) electrons. The molecule has 3 aromatic rings. The minimum Gasteiger partial charge on any atom is -0.497 e. The zero-order valence-electron chi connectivity index (χ0n) is 24.8. The lowest BCUT2D eigenvalue weighted by Gasteiger charge is -2.34. The highest BCUT2D eigenvalue weighted by Gasteiger charge is 2.42. The number of carboxylic acid groups (broad SMARTS) is 1. The Balaban J connectivity index is 0.000000188. The highest BCUT2D eigenvalue weighted by Crippen LogP contribution is 2.43. The average Bonchev–Trinajstić information content (AvgIpc) is 3.48. The van der Waals surface area contributed by atoms with E-state index in [1.807, 2.05) is 44.2 Å². The van der Waals surface area contributed by atoms with E-state index < -0.39 is 11.8 Å². The number of methoxy groups -OCH3 is 1. The van der Waals surface area contributed by atoms with Crippen molar-refractivity contribution in [3.05, 3.63) is 112 Å². The van der Waals surface area contributed by atoms with E-state index in [1.54, 1.807) is 37.4 Å². The van der Waals surface area contributed by atoms with E-state index in [9.17, 15) is 19.2 Å². The number of carbonyl (C=O) groups excluding carboxylic acids is 1. The fourth-order valence-corrected chi connectivity index (χ4v) is 5.86. The topological polar surface area (TPSA) is 96.6 Å². The second-order valence-corrected chi connectivity index (χ2v) is 10.5. The third kappa shape index (κ3) is 6.54. The Kier molecular flexibility index (Phi) is 9.82. The molecule has 1 aliphatic heterocycles. The Morgan fingerprint density at radius 1 is 1.05 bits per heavy atom. The molecule has 7 heteroatoms. The number of aryl methyl sites for hydroxylation is 1. The lowest BCUT2D eigenvalue weighted by atomic mass is 9.84. The summed E-state index contributed by atoms with van der Waals surface area (Å²) in [4.78, 5) is 23.5. The van der Waals surface area contributed by atoms with Gasteiger partial charge in [0, 0.05) is 11.1 Å². The van der Waals surface area contributed by atoms with Crippen LogP contribution in [0, 0.1) is 17.1 Å². The van der Waals surface area contributed by atoms with Crippen molar-refractivity contribution >= 4 is 23.1 Å². The number of Topliss-reactive ketones (excluding diaryl/α,β-unsaturated/α-hetero) is 1. The lowest BCUT2D eigenvalue weighted by Crippen LogP contribution is -2.39. The number of rotatable bonds is 4. The summed E-state index contributed by atoms with van der Waals surface area (Å²) in [6, 6.07) is 16.9. The first-order valence-corrected chi connectivity index (χ1v) is 14.6. The van der Waals surface area contributed by atoms with Crippen molar-refractivity contribution in [1.82, 2.24) is 0 Å².